The van der Waals surface area contributed by atoms with Crippen LogP contribution in [0.4, 0.5) is 0 Å². The summed E-state index contributed by atoms with van der Waals surface area (Å²) >= 11 is 2.06. The van der Waals surface area contributed by atoms with Gasteiger partial charge in [-0.3, -0.25) is 0 Å². The second-order valence-electron chi connectivity index (χ2n) is 2.85. The van der Waals surface area contributed by atoms with Crippen LogP contribution in [0, 0.1) is 12.3 Å². The van der Waals surface area contributed by atoms with E-state index in [2.05, 4.69) is 23.0 Å². The highest BCUT2D eigenvalue weighted by Gasteiger charge is 2.23. The molecule has 1 aliphatic rings. The summed E-state index contributed by atoms with van der Waals surface area (Å²) in [5.74, 6) is 4.03. The van der Waals surface area contributed by atoms with E-state index >= 15 is 0 Å². The van der Waals surface area contributed by atoms with E-state index in [9.17, 15) is 0 Å². The maximum atomic E-state index is 5.27. The van der Waals surface area contributed by atoms with Crippen LogP contribution in [0.2, 0.25) is 0 Å². The van der Waals surface area contributed by atoms with Crippen LogP contribution in [0.25, 0.3) is 0 Å². The van der Waals surface area contributed by atoms with Crippen molar-refractivity contribution in [2.45, 2.75) is 30.6 Å². The van der Waals surface area contributed by atoms with Crippen LogP contribution in [0.15, 0.2) is 0 Å². The summed E-state index contributed by atoms with van der Waals surface area (Å²) in [6.07, 6.45) is 8.83. The van der Waals surface area contributed by atoms with Crippen LogP contribution >= 0.6 is 11.8 Å². The molecule has 0 aromatic carbocycles. The summed E-state index contributed by atoms with van der Waals surface area (Å²) in [6.45, 7) is 0. The molecule has 1 saturated heterocycles. The zero-order valence-corrected chi connectivity index (χ0v) is 7.79. The van der Waals surface area contributed by atoms with Crippen molar-refractivity contribution in [1.29, 1.82) is 0 Å². The minimum atomic E-state index is 0.535. The largest absolute Gasteiger partial charge is 0.315 e. The van der Waals surface area contributed by atoms with Gasteiger partial charge in [0.2, 0.25) is 0 Å². The highest BCUT2D eigenvalue weighted by molar-refractivity contribution is 8.00. The van der Waals surface area contributed by atoms with Crippen LogP contribution in [0.3, 0.4) is 0 Å². The Morgan fingerprint density at radius 2 is 2.64 bits per heavy atom. The number of hydrogen-bond acceptors (Lipinski definition) is 2. The van der Waals surface area contributed by atoms with E-state index in [1.165, 1.54) is 18.6 Å². The van der Waals surface area contributed by atoms with E-state index in [-0.39, 0.29) is 0 Å². The van der Waals surface area contributed by atoms with Crippen molar-refractivity contribution in [2.75, 3.05) is 12.8 Å². The molecule has 2 atom stereocenters. The number of terminal acetylenes is 1. The van der Waals surface area contributed by atoms with Gasteiger partial charge in [0.15, 0.2) is 0 Å². The van der Waals surface area contributed by atoms with Gasteiger partial charge in [0.1, 0.15) is 0 Å². The molecule has 2 unspecified atom stereocenters. The van der Waals surface area contributed by atoms with Crippen molar-refractivity contribution in [3.63, 3.8) is 0 Å². The Balaban J connectivity index is 2.34. The van der Waals surface area contributed by atoms with Crippen LogP contribution in [0.5, 0.6) is 0 Å². The highest BCUT2D eigenvalue weighted by Crippen LogP contribution is 2.29. The summed E-state index contributed by atoms with van der Waals surface area (Å²) < 4.78 is 0. The van der Waals surface area contributed by atoms with E-state index in [0.29, 0.717) is 6.04 Å². The number of nitrogens with one attached hydrogen (secondary N) is 1. The number of rotatable bonds is 3. The Bertz CT molecular complexity index is 144. The fourth-order valence-corrected chi connectivity index (χ4v) is 2.90. The molecule has 1 aliphatic heterocycles. The molecule has 62 valence electrons. The van der Waals surface area contributed by atoms with Gasteiger partial charge in [-0.2, -0.15) is 11.8 Å². The van der Waals surface area contributed by atoms with Gasteiger partial charge in [0.25, 0.3) is 0 Å². The lowest BCUT2D eigenvalue weighted by Gasteiger charge is -2.19. The van der Waals surface area contributed by atoms with Gasteiger partial charge >= 0.3 is 0 Å². The van der Waals surface area contributed by atoms with E-state index in [1.807, 2.05) is 7.05 Å². The predicted molar refractivity (Wildman–Crippen MR) is 51.8 cm³/mol. The number of thioether (sulfide) groups is 1. The Labute approximate surface area is 73.3 Å². The van der Waals surface area contributed by atoms with Crippen LogP contribution in [-0.2, 0) is 0 Å². The van der Waals surface area contributed by atoms with E-state index in [0.717, 1.165) is 11.7 Å². The first kappa shape index (κ1) is 8.96. The van der Waals surface area contributed by atoms with Crippen molar-refractivity contribution in [1.82, 2.24) is 5.32 Å². The third-order valence-electron chi connectivity index (χ3n) is 2.12. The molecular weight excluding hydrogens is 154 g/mol. The third-order valence-corrected chi connectivity index (χ3v) is 3.64. The monoisotopic (exact) mass is 169 g/mol. The first-order valence-electron chi connectivity index (χ1n) is 4.11. The van der Waals surface area contributed by atoms with Crippen molar-refractivity contribution in [3.05, 3.63) is 0 Å². The van der Waals surface area contributed by atoms with Crippen molar-refractivity contribution < 1.29 is 0 Å². The van der Waals surface area contributed by atoms with Gasteiger partial charge < -0.3 is 5.32 Å². The Kier molecular flexibility index (Phi) is 3.82. The van der Waals surface area contributed by atoms with Crippen molar-refractivity contribution in [3.8, 4) is 12.3 Å². The summed E-state index contributed by atoms with van der Waals surface area (Å²) in [7, 11) is 2.00. The molecule has 1 nitrogen and oxygen atoms in total. The van der Waals surface area contributed by atoms with Crippen LogP contribution in [-0.4, -0.2) is 24.1 Å². The van der Waals surface area contributed by atoms with Gasteiger partial charge in [-0.05, 0) is 25.6 Å². The Morgan fingerprint density at radius 1 is 1.82 bits per heavy atom. The maximum Gasteiger partial charge on any atom is 0.0292 e. The molecule has 0 spiro atoms. The average Bonchev–Trinajstić information content (AvgIpc) is 2.52. The quantitative estimate of drug-likeness (QED) is 0.642. The topological polar surface area (TPSA) is 12.0 Å². The van der Waals surface area contributed by atoms with E-state index in [1.54, 1.807) is 0 Å². The lowest BCUT2D eigenvalue weighted by molar-refractivity contribution is 0.537. The lowest BCUT2D eigenvalue weighted by atomic mass is 10.1. The standard InChI is InChI=1S/C9H15NS/c1-3-5-8(10-2)9-6-4-7-11-9/h1,8-10H,4-7H2,2H3. The molecule has 0 amide bonds. The lowest BCUT2D eigenvalue weighted by Crippen LogP contribution is -2.33. The molecule has 0 bridgehead atoms. The molecule has 1 fully saturated rings. The predicted octanol–water partition coefficient (Wildman–Crippen LogP) is 1.49. The SMILES string of the molecule is C#CCC(NC)C1CCCS1. The average molecular weight is 169 g/mol. The molecule has 0 aromatic heterocycles. The Hall–Kier alpha value is -0.130. The first-order valence-corrected chi connectivity index (χ1v) is 5.15. The fourth-order valence-electron chi connectivity index (χ4n) is 1.47. The second-order valence-corrected chi connectivity index (χ2v) is 4.20. The van der Waals surface area contributed by atoms with Crippen LogP contribution in [0.1, 0.15) is 19.3 Å². The summed E-state index contributed by atoms with van der Waals surface area (Å²) in [6, 6.07) is 0.535. The molecule has 1 rings (SSSR count). The molecule has 2 heteroatoms. The van der Waals surface area contributed by atoms with E-state index in [4.69, 9.17) is 6.42 Å². The van der Waals surface area contributed by atoms with Crippen molar-refractivity contribution in [2.24, 2.45) is 0 Å². The minimum Gasteiger partial charge on any atom is -0.315 e. The summed E-state index contributed by atoms with van der Waals surface area (Å²) in [4.78, 5) is 0. The molecule has 1 N–H and O–H groups in total. The highest BCUT2D eigenvalue weighted by atomic mass is 32.2. The van der Waals surface area contributed by atoms with Gasteiger partial charge in [0, 0.05) is 17.7 Å². The zero-order valence-electron chi connectivity index (χ0n) is 6.97. The van der Waals surface area contributed by atoms with Crippen molar-refractivity contribution >= 4 is 11.8 Å². The molecule has 11 heavy (non-hydrogen) atoms. The fraction of sp³-hybridized carbons (Fsp3) is 0.778. The minimum absolute atomic E-state index is 0.535. The second kappa shape index (κ2) is 4.69. The zero-order chi connectivity index (χ0) is 8.10. The molecular formula is C9H15NS. The maximum absolute atomic E-state index is 5.27. The van der Waals surface area contributed by atoms with Gasteiger partial charge in [0.05, 0.1) is 0 Å². The van der Waals surface area contributed by atoms with Gasteiger partial charge in [-0.1, -0.05) is 0 Å². The van der Waals surface area contributed by atoms with Gasteiger partial charge in [-0.25, -0.2) is 0 Å². The molecule has 0 aliphatic carbocycles. The number of hydrogen-bond donors (Lipinski definition) is 1. The summed E-state index contributed by atoms with van der Waals surface area (Å²) in [5, 5.41) is 4.04. The summed E-state index contributed by atoms with van der Waals surface area (Å²) in [5.41, 5.74) is 0. The Morgan fingerprint density at radius 3 is 3.09 bits per heavy atom. The molecule has 1 heterocycles. The third kappa shape index (κ3) is 2.43. The molecule has 0 radical (unpaired) electrons. The molecule has 0 saturated carbocycles. The normalized spacial score (nSPS) is 26.4. The van der Waals surface area contributed by atoms with E-state index < -0.39 is 0 Å². The van der Waals surface area contributed by atoms with Crippen LogP contribution < -0.4 is 5.32 Å². The first-order chi connectivity index (χ1) is 5.38. The molecule has 0 aromatic rings. The van der Waals surface area contributed by atoms with Gasteiger partial charge in [-0.15, -0.1) is 12.3 Å². The smallest absolute Gasteiger partial charge is 0.0292 e.